The Hall–Kier alpha value is -1.51. The van der Waals surface area contributed by atoms with Crippen LogP contribution in [-0.2, 0) is 0 Å². The summed E-state index contributed by atoms with van der Waals surface area (Å²) in [5.74, 6) is 0. The number of nitrogens with two attached hydrogens (primary N) is 1. The molecule has 0 radical (unpaired) electrons. The van der Waals surface area contributed by atoms with Gasteiger partial charge in [-0.3, -0.25) is 0 Å². The van der Waals surface area contributed by atoms with Crippen molar-refractivity contribution in [1.29, 1.82) is 0 Å². The van der Waals surface area contributed by atoms with Crippen LogP contribution in [0.3, 0.4) is 0 Å². The first kappa shape index (κ1) is 11.6. The normalized spacial score (nSPS) is 23.3. The zero-order valence-electron chi connectivity index (χ0n) is 11.2. The van der Waals surface area contributed by atoms with E-state index in [4.69, 9.17) is 5.73 Å². The highest BCUT2D eigenvalue weighted by atomic mass is 15.1. The molecule has 0 aliphatic heterocycles. The quantitative estimate of drug-likeness (QED) is 0.775. The molecule has 1 aromatic carbocycles. The first-order valence-electron chi connectivity index (χ1n) is 6.80. The maximum absolute atomic E-state index is 5.82. The van der Waals surface area contributed by atoms with E-state index in [2.05, 4.69) is 29.5 Å². The van der Waals surface area contributed by atoms with Crippen LogP contribution in [0.25, 0.3) is 11.0 Å². The summed E-state index contributed by atoms with van der Waals surface area (Å²) >= 11 is 0. The average Bonchev–Trinajstić information content (AvgIpc) is 2.71. The van der Waals surface area contributed by atoms with E-state index in [-0.39, 0.29) is 0 Å². The highest BCUT2D eigenvalue weighted by molar-refractivity contribution is 5.79. The van der Waals surface area contributed by atoms with Crippen LogP contribution in [0, 0.1) is 5.41 Å². The third kappa shape index (κ3) is 1.78. The number of nitrogens with zero attached hydrogens (tertiary/aromatic N) is 2. The van der Waals surface area contributed by atoms with Crippen molar-refractivity contribution in [2.24, 2.45) is 5.41 Å². The summed E-state index contributed by atoms with van der Waals surface area (Å²) in [6.07, 6.45) is 7.21. The Labute approximate surface area is 108 Å². The highest BCUT2D eigenvalue weighted by Gasteiger charge is 2.33. The summed E-state index contributed by atoms with van der Waals surface area (Å²) in [6.45, 7) is 4.75. The van der Waals surface area contributed by atoms with Crippen LogP contribution in [0.15, 0.2) is 24.5 Å². The molecule has 0 spiro atoms. The fourth-order valence-corrected chi connectivity index (χ4v) is 3.29. The van der Waals surface area contributed by atoms with E-state index >= 15 is 0 Å². The van der Waals surface area contributed by atoms with Crippen LogP contribution in [0.2, 0.25) is 0 Å². The van der Waals surface area contributed by atoms with Gasteiger partial charge in [-0.2, -0.15) is 0 Å². The van der Waals surface area contributed by atoms with Gasteiger partial charge in [0.15, 0.2) is 0 Å². The molecular formula is C15H21N3. The monoisotopic (exact) mass is 243 g/mol. The predicted octanol–water partition coefficient (Wildman–Crippen LogP) is 3.76. The predicted molar refractivity (Wildman–Crippen MR) is 75.4 cm³/mol. The molecule has 0 bridgehead atoms. The Morgan fingerprint density at radius 3 is 2.94 bits per heavy atom. The number of anilines is 1. The van der Waals surface area contributed by atoms with Crippen LogP contribution in [0.4, 0.5) is 5.69 Å². The lowest BCUT2D eigenvalue weighted by molar-refractivity contribution is 0.147. The summed E-state index contributed by atoms with van der Waals surface area (Å²) in [5.41, 5.74) is 9.18. The van der Waals surface area contributed by atoms with Gasteiger partial charge in [-0.25, -0.2) is 4.98 Å². The number of nitrogen functional groups attached to an aromatic ring is 1. The molecule has 2 N–H and O–H groups in total. The molecule has 3 rings (SSSR count). The number of benzene rings is 1. The Bertz CT molecular complexity index is 568. The SMILES string of the molecule is CC1(C)CCCCC1n1cnc2cc(N)ccc21. The molecule has 1 unspecified atom stereocenters. The molecule has 1 saturated carbocycles. The van der Waals surface area contributed by atoms with Gasteiger partial charge >= 0.3 is 0 Å². The van der Waals surface area contributed by atoms with Crippen molar-refractivity contribution in [1.82, 2.24) is 9.55 Å². The van der Waals surface area contributed by atoms with Crippen LogP contribution in [0.5, 0.6) is 0 Å². The first-order valence-corrected chi connectivity index (χ1v) is 6.80. The summed E-state index contributed by atoms with van der Waals surface area (Å²) in [4.78, 5) is 4.50. The summed E-state index contributed by atoms with van der Waals surface area (Å²) in [6, 6.07) is 6.58. The Morgan fingerprint density at radius 1 is 1.33 bits per heavy atom. The second-order valence-electron chi connectivity index (χ2n) is 6.15. The maximum atomic E-state index is 5.82. The molecule has 3 heteroatoms. The van der Waals surface area contributed by atoms with Crippen molar-refractivity contribution in [2.45, 2.75) is 45.6 Å². The number of rotatable bonds is 1. The van der Waals surface area contributed by atoms with E-state index in [0.717, 1.165) is 11.2 Å². The minimum Gasteiger partial charge on any atom is -0.399 e. The fraction of sp³-hybridized carbons (Fsp3) is 0.533. The summed E-state index contributed by atoms with van der Waals surface area (Å²) in [5, 5.41) is 0. The molecule has 0 amide bonds. The van der Waals surface area contributed by atoms with Gasteiger partial charge in [0.1, 0.15) is 0 Å². The van der Waals surface area contributed by atoms with Gasteiger partial charge in [0, 0.05) is 11.7 Å². The van der Waals surface area contributed by atoms with Crippen molar-refractivity contribution in [3.05, 3.63) is 24.5 Å². The molecular weight excluding hydrogens is 222 g/mol. The summed E-state index contributed by atoms with van der Waals surface area (Å²) < 4.78 is 2.36. The summed E-state index contributed by atoms with van der Waals surface area (Å²) in [7, 11) is 0. The van der Waals surface area contributed by atoms with Gasteiger partial charge in [-0.15, -0.1) is 0 Å². The van der Waals surface area contributed by atoms with E-state index in [1.54, 1.807) is 0 Å². The first-order chi connectivity index (χ1) is 8.58. The molecule has 1 heterocycles. The van der Waals surface area contributed by atoms with Gasteiger partial charge in [0.05, 0.1) is 17.4 Å². The van der Waals surface area contributed by atoms with Crippen LogP contribution in [-0.4, -0.2) is 9.55 Å². The van der Waals surface area contributed by atoms with E-state index in [1.807, 2.05) is 18.5 Å². The zero-order valence-corrected chi connectivity index (χ0v) is 11.2. The number of imidazole rings is 1. The minimum atomic E-state index is 0.354. The average molecular weight is 243 g/mol. The van der Waals surface area contributed by atoms with Gasteiger partial charge < -0.3 is 10.3 Å². The second-order valence-corrected chi connectivity index (χ2v) is 6.15. The lowest BCUT2D eigenvalue weighted by Crippen LogP contribution is -2.30. The molecule has 1 aromatic heterocycles. The highest BCUT2D eigenvalue weighted by Crippen LogP contribution is 2.44. The van der Waals surface area contributed by atoms with Gasteiger partial charge in [-0.05, 0) is 36.5 Å². The topological polar surface area (TPSA) is 43.8 Å². The fourth-order valence-electron chi connectivity index (χ4n) is 3.29. The molecule has 0 saturated heterocycles. The lowest BCUT2D eigenvalue weighted by atomic mass is 9.73. The van der Waals surface area contributed by atoms with Gasteiger partial charge in [0.2, 0.25) is 0 Å². The number of fused-ring (bicyclic) bond motifs is 1. The Morgan fingerprint density at radius 2 is 2.17 bits per heavy atom. The van der Waals surface area contributed by atoms with E-state index < -0.39 is 0 Å². The van der Waals surface area contributed by atoms with Gasteiger partial charge in [-0.1, -0.05) is 26.7 Å². The van der Waals surface area contributed by atoms with Crippen LogP contribution in [0.1, 0.15) is 45.6 Å². The smallest absolute Gasteiger partial charge is 0.0961 e. The van der Waals surface area contributed by atoms with E-state index in [1.165, 1.54) is 31.2 Å². The molecule has 18 heavy (non-hydrogen) atoms. The van der Waals surface area contributed by atoms with Crippen molar-refractivity contribution in [3.63, 3.8) is 0 Å². The van der Waals surface area contributed by atoms with Crippen LogP contribution < -0.4 is 5.73 Å². The van der Waals surface area contributed by atoms with Crippen molar-refractivity contribution >= 4 is 16.7 Å². The van der Waals surface area contributed by atoms with Crippen molar-refractivity contribution < 1.29 is 0 Å². The molecule has 1 fully saturated rings. The largest absolute Gasteiger partial charge is 0.399 e. The number of hydrogen-bond donors (Lipinski definition) is 1. The molecule has 1 aliphatic carbocycles. The molecule has 3 nitrogen and oxygen atoms in total. The number of hydrogen-bond acceptors (Lipinski definition) is 2. The maximum Gasteiger partial charge on any atom is 0.0961 e. The zero-order chi connectivity index (χ0) is 12.8. The standard InChI is InChI=1S/C15H21N3/c1-15(2)8-4-3-5-14(15)18-10-17-12-9-11(16)6-7-13(12)18/h6-7,9-10,14H,3-5,8,16H2,1-2H3. The lowest BCUT2D eigenvalue weighted by Gasteiger charge is -2.39. The Balaban J connectivity index is 2.08. The molecule has 96 valence electrons. The second kappa shape index (κ2) is 4.01. The number of aromatic nitrogens is 2. The molecule has 1 atom stereocenters. The Kier molecular flexibility index (Phi) is 2.58. The van der Waals surface area contributed by atoms with Gasteiger partial charge in [0.25, 0.3) is 0 Å². The molecule has 2 aromatic rings. The van der Waals surface area contributed by atoms with E-state index in [9.17, 15) is 0 Å². The minimum absolute atomic E-state index is 0.354. The van der Waals surface area contributed by atoms with Crippen molar-refractivity contribution in [3.8, 4) is 0 Å². The van der Waals surface area contributed by atoms with Crippen molar-refractivity contribution in [2.75, 3.05) is 5.73 Å². The molecule has 1 aliphatic rings. The third-order valence-electron chi connectivity index (χ3n) is 4.39. The third-order valence-corrected chi connectivity index (χ3v) is 4.39. The van der Waals surface area contributed by atoms with Crippen LogP contribution >= 0.6 is 0 Å². The van der Waals surface area contributed by atoms with E-state index in [0.29, 0.717) is 11.5 Å².